The van der Waals surface area contributed by atoms with E-state index >= 15 is 0 Å². The molecule has 100 valence electrons. The maximum atomic E-state index is 12.2. The highest BCUT2D eigenvalue weighted by molar-refractivity contribution is 5.90. The van der Waals surface area contributed by atoms with Crippen molar-refractivity contribution in [3.63, 3.8) is 0 Å². The molecule has 0 amide bonds. The molecule has 0 aromatic heterocycles. The van der Waals surface area contributed by atoms with Gasteiger partial charge in [-0.05, 0) is 49.3 Å². The number of fused-ring (bicyclic) bond motifs is 1. The van der Waals surface area contributed by atoms with Crippen LogP contribution < -0.4 is 0 Å². The lowest BCUT2D eigenvalue weighted by Gasteiger charge is -2.55. The van der Waals surface area contributed by atoms with Crippen LogP contribution in [0.15, 0.2) is 36.1 Å². The van der Waals surface area contributed by atoms with Crippen molar-refractivity contribution < 1.29 is 9.53 Å². The van der Waals surface area contributed by atoms with Crippen LogP contribution in [-0.4, -0.2) is 5.97 Å². The molecule has 0 unspecified atom stereocenters. The Hall–Kier alpha value is -1.57. The SMILES string of the molecule is Cc1cccc(C(=O)OC2=CC[C@H]3C[C@@H]2C3(C)C)c1. The minimum absolute atomic E-state index is 0.226. The smallest absolute Gasteiger partial charge is 0.343 e. The van der Waals surface area contributed by atoms with Crippen LogP contribution in [0.5, 0.6) is 0 Å². The highest BCUT2D eigenvalue weighted by atomic mass is 16.5. The summed E-state index contributed by atoms with van der Waals surface area (Å²) in [6, 6.07) is 7.56. The van der Waals surface area contributed by atoms with E-state index in [1.54, 1.807) is 0 Å². The van der Waals surface area contributed by atoms with Gasteiger partial charge in [0.25, 0.3) is 0 Å². The van der Waals surface area contributed by atoms with Gasteiger partial charge in [-0.3, -0.25) is 0 Å². The van der Waals surface area contributed by atoms with Gasteiger partial charge in [0, 0.05) is 5.92 Å². The Labute approximate surface area is 114 Å². The maximum absolute atomic E-state index is 12.2. The molecule has 1 aromatic rings. The van der Waals surface area contributed by atoms with Gasteiger partial charge in [-0.25, -0.2) is 4.79 Å². The average molecular weight is 256 g/mol. The Balaban J connectivity index is 1.76. The number of aryl methyl sites for hydroxylation is 1. The molecule has 2 atom stereocenters. The number of esters is 1. The Bertz CT molecular complexity index is 554. The molecule has 1 saturated carbocycles. The molecular weight excluding hydrogens is 236 g/mol. The number of rotatable bonds is 2. The van der Waals surface area contributed by atoms with Crippen molar-refractivity contribution in [3.05, 3.63) is 47.2 Å². The van der Waals surface area contributed by atoms with Crippen molar-refractivity contribution in [3.8, 4) is 0 Å². The van der Waals surface area contributed by atoms with Crippen LogP contribution in [0.3, 0.4) is 0 Å². The van der Waals surface area contributed by atoms with E-state index in [-0.39, 0.29) is 11.4 Å². The third-order valence-corrected chi connectivity index (χ3v) is 4.88. The molecule has 4 rings (SSSR count). The van der Waals surface area contributed by atoms with Gasteiger partial charge in [0.05, 0.1) is 5.56 Å². The fourth-order valence-corrected chi connectivity index (χ4v) is 3.35. The van der Waals surface area contributed by atoms with Crippen LogP contribution in [0, 0.1) is 24.2 Å². The first-order chi connectivity index (χ1) is 8.98. The predicted octanol–water partition coefficient (Wildman–Crippen LogP) is 4.10. The van der Waals surface area contributed by atoms with E-state index < -0.39 is 0 Å². The summed E-state index contributed by atoms with van der Waals surface area (Å²) in [7, 11) is 0. The van der Waals surface area contributed by atoms with Gasteiger partial charge in [-0.2, -0.15) is 0 Å². The summed E-state index contributed by atoms with van der Waals surface area (Å²) in [6.07, 6.45) is 4.32. The number of benzene rings is 1. The maximum Gasteiger partial charge on any atom is 0.343 e. The molecule has 0 N–H and O–H groups in total. The lowest BCUT2D eigenvalue weighted by atomic mass is 9.50. The third-order valence-electron chi connectivity index (χ3n) is 4.88. The number of carbonyl (C=O) groups excluding carboxylic acids is 1. The molecule has 3 aliphatic rings. The molecule has 2 nitrogen and oxygen atoms in total. The fourth-order valence-electron chi connectivity index (χ4n) is 3.35. The summed E-state index contributed by atoms with van der Waals surface area (Å²) >= 11 is 0. The number of hydrogen-bond acceptors (Lipinski definition) is 2. The number of hydrogen-bond donors (Lipinski definition) is 0. The number of ether oxygens (including phenoxy) is 1. The van der Waals surface area contributed by atoms with Crippen LogP contribution in [0.1, 0.15) is 42.6 Å². The van der Waals surface area contributed by atoms with E-state index in [1.165, 1.54) is 6.42 Å². The first-order valence-corrected chi connectivity index (χ1v) is 6.97. The van der Waals surface area contributed by atoms with E-state index in [2.05, 4.69) is 19.9 Å². The van der Waals surface area contributed by atoms with Crippen molar-refractivity contribution in [2.45, 2.75) is 33.6 Å². The zero-order valence-corrected chi connectivity index (χ0v) is 11.8. The molecule has 0 heterocycles. The van der Waals surface area contributed by atoms with Crippen LogP contribution in [0.4, 0.5) is 0 Å². The molecule has 0 radical (unpaired) electrons. The summed E-state index contributed by atoms with van der Waals surface area (Å²) in [4.78, 5) is 12.2. The van der Waals surface area contributed by atoms with Crippen LogP contribution in [0.2, 0.25) is 0 Å². The summed E-state index contributed by atoms with van der Waals surface area (Å²) in [5.41, 5.74) is 2.01. The van der Waals surface area contributed by atoms with E-state index in [9.17, 15) is 4.79 Å². The number of carbonyl (C=O) groups is 1. The molecule has 2 bridgehead atoms. The molecule has 0 spiro atoms. The molecule has 3 aliphatic carbocycles. The van der Waals surface area contributed by atoms with Crippen molar-refractivity contribution in [1.29, 1.82) is 0 Å². The summed E-state index contributed by atoms with van der Waals surface area (Å²) < 4.78 is 5.64. The largest absolute Gasteiger partial charge is 0.427 e. The molecule has 1 fully saturated rings. The Morgan fingerprint density at radius 1 is 1.37 bits per heavy atom. The molecule has 19 heavy (non-hydrogen) atoms. The van der Waals surface area contributed by atoms with Crippen molar-refractivity contribution in [2.75, 3.05) is 0 Å². The standard InChI is InChI=1S/C17H20O2/c1-11-5-4-6-12(9-11)16(18)19-15-8-7-13-10-14(15)17(13,2)3/h4-6,8-9,13-14H,7,10H2,1-3H3/t13-,14-/m0/s1. The van der Waals surface area contributed by atoms with E-state index in [0.717, 1.165) is 23.7 Å². The van der Waals surface area contributed by atoms with Crippen LogP contribution >= 0.6 is 0 Å². The van der Waals surface area contributed by atoms with Gasteiger partial charge in [0.2, 0.25) is 0 Å². The second-order valence-corrected chi connectivity index (χ2v) is 6.41. The molecule has 0 aliphatic heterocycles. The molecular formula is C17H20O2. The highest BCUT2D eigenvalue weighted by Crippen LogP contribution is 2.59. The first kappa shape index (κ1) is 12.5. The third kappa shape index (κ3) is 1.99. The molecule has 2 heteroatoms. The monoisotopic (exact) mass is 256 g/mol. The predicted molar refractivity (Wildman–Crippen MR) is 74.7 cm³/mol. The minimum atomic E-state index is -0.226. The summed E-state index contributed by atoms with van der Waals surface area (Å²) in [6.45, 7) is 6.54. The van der Waals surface area contributed by atoms with Crippen molar-refractivity contribution in [2.24, 2.45) is 17.3 Å². The normalized spacial score (nSPS) is 27.2. The Morgan fingerprint density at radius 2 is 2.16 bits per heavy atom. The van der Waals surface area contributed by atoms with Gasteiger partial charge in [-0.15, -0.1) is 0 Å². The van der Waals surface area contributed by atoms with Crippen LogP contribution in [-0.2, 0) is 4.74 Å². The highest BCUT2D eigenvalue weighted by Gasteiger charge is 2.52. The lowest BCUT2D eigenvalue weighted by molar-refractivity contribution is -0.0394. The first-order valence-electron chi connectivity index (χ1n) is 6.97. The van der Waals surface area contributed by atoms with Gasteiger partial charge >= 0.3 is 5.97 Å². The summed E-state index contributed by atoms with van der Waals surface area (Å²) in [5.74, 6) is 1.84. The molecule has 1 aromatic carbocycles. The lowest BCUT2D eigenvalue weighted by Crippen LogP contribution is -2.48. The van der Waals surface area contributed by atoms with Gasteiger partial charge < -0.3 is 4.74 Å². The van der Waals surface area contributed by atoms with E-state index in [0.29, 0.717) is 11.5 Å². The van der Waals surface area contributed by atoms with E-state index in [1.807, 2.05) is 31.2 Å². The van der Waals surface area contributed by atoms with Gasteiger partial charge in [0.1, 0.15) is 5.76 Å². The minimum Gasteiger partial charge on any atom is -0.427 e. The van der Waals surface area contributed by atoms with Crippen molar-refractivity contribution in [1.82, 2.24) is 0 Å². The molecule has 0 saturated heterocycles. The Morgan fingerprint density at radius 3 is 2.79 bits per heavy atom. The zero-order chi connectivity index (χ0) is 13.6. The quantitative estimate of drug-likeness (QED) is 0.745. The van der Waals surface area contributed by atoms with Crippen molar-refractivity contribution >= 4 is 5.97 Å². The van der Waals surface area contributed by atoms with Gasteiger partial charge in [-0.1, -0.05) is 31.5 Å². The second kappa shape index (κ2) is 4.22. The van der Waals surface area contributed by atoms with Crippen LogP contribution in [0.25, 0.3) is 0 Å². The average Bonchev–Trinajstić information content (AvgIpc) is 2.38. The zero-order valence-electron chi connectivity index (χ0n) is 11.8. The Kier molecular flexibility index (Phi) is 2.77. The number of allylic oxidation sites excluding steroid dienone is 2. The van der Waals surface area contributed by atoms with E-state index in [4.69, 9.17) is 4.74 Å². The fraction of sp³-hybridized carbons (Fsp3) is 0.471. The second-order valence-electron chi connectivity index (χ2n) is 6.41. The topological polar surface area (TPSA) is 26.3 Å². The summed E-state index contributed by atoms with van der Waals surface area (Å²) in [5, 5.41) is 0. The van der Waals surface area contributed by atoms with Gasteiger partial charge in [0.15, 0.2) is 0 Å².